The first-order valence-electron chi connectivity index (χ1n) is 5.72. The summed E-state index contributed by atoms with van der Waals surface area (Å²) in [7, 11) is 0. The van der Waals surface area contributed by atoms with Gasteiger partial charge in [-0.15, -0.1) is 0 Å². The maximum absolute atomic E-state index is 11.7. The first kappa shape index (κ1) is 12.4. The molecule has 96 valence electrons. The van der Waals surface area contributed by atoms with E-state index in [1.807, 2.05) is 19.1 Å². The fourth-order valence-corrected chi connectivity index (χ4v) is 2.29. The number of ether oxygens (including phenoxy) is 1. The lowest BCUT2D eigenvalue weighted by atomic mass is 9.87. The van der Waals surface area contributed by atoms with Crippen LogP contribution in [-0.4, -0.2) is 35.2 Å². The van der Waals surface area contributed by atoms with Gasteiger partial charge in [0.2, 0.25) is 0 Å². The lowest BCUT2D eigenvalue weighted by Crippen LogP contribution is -2.50. The van der Waals surface area contributed by atoms with E-state index in [9.17, 15) is 14.7 Å². The van der Waals surface area contributed by atoms with Gasteiger partial charge in [-0.3, -0.25) is 4.90 Å². The van der Waals surface area contributed by atoms with Crippen molar-refractivity contribution in [3.05, 3.63) is 35.4 Å². The Morgan fingerprint density at radius 3 is 2.61 bits per heavy atom. The molecule has 1 aromatic carbocycles. The van der Waals surface area contributed by atoms with E-state index in [1.54, 1.807) is 12.1 Å². The standard InChI is InChI=1S/C13H15NO4/c1-9-5-3-4-6-10(9)13(2,11(15)16)14-7-8-18-12(14)17/h3-6H,7-8H2,1-2H3,(H,15,16). The summed E-state index contributed by atoms with van der Waals surface area (Å²) in [6.45, 7) is 3.88. The molecule has 1 amide bonds. The van der Waals surface area contributed by atoms with E-state index in [4.69, 9.17) is 4.74 Å². The number of nitrogens with zero attached hydrogens (tertiary/aromatic N) is 1. The highest BCUT2D eigenvalue weighted by Gasteiger charge is 2.47. The van der Waals surface area contributed by atoms with Crippen molar-refractivity contribution in [2.75, 3.05) is 13.2 Å². The van der Waals surface area contributed by atoms with Gasteiger partial charge in [-0.05, 0) is 25.0 Å². The number of carbonyl (C=O) groups excluding carboxylic acids is 1. The van der Waals surface area contributed by atoms with Crippen molar-refractivity contribution < 1.29 is 19.4 Å². The molecule has 0 aliphatic carbocycles. The molecule has 5 nitrogen and oxygen atoms in total. The minimum Gasteiger partial charge on any atom is -0.479 e. The Balaban J connectivity index is 2.54. The fourth-order valence-electron chi connectivity index (χ4n) is 2.29. The van der Waals surface area contributed by atoms with Crippen molar-refractivity contribution in [2.24, 2.45) is 0 Å². The van der Waals surface area contributed by atoms with Gasteiger partial charge in [0, 0.05) is 0 Å². The Kier molecular flexibility index (Phi) is 2.98. The predicted octanol–water partition coefficient (Wildman–Crippen LogP) is 1.75. The van der Waals surface area contributed by atoms with Gasteiger partial charge in [-0.2, -0.15) is 0 Å². The van der Waals surface area contributed by atoms with E-state index in [1.165, 1.54) is 11.8 Å². The van der Waals surface area contributed by atoms with Crippen molar-refractivity contribution >= 4 is 12.1 Å². The quantitative estimate of drug-likeness (QED) is 0.886. The average molecular weight is 249 g/mol. The first-order chi connectivity index (χ1) is 8.48. The highest BCUT2D eigenvalue weighted by Crippen LogP contribution is 2.33. The molecule has 5 heteroatoms. The molecule has 18 heavy (non-hydrogen) atoms. The molecule has 1 saturated heterocycles. The molecule has 1 heterocycles. The number of hydrogen-bond acceptors (Lipinski definition) is 3. The molecule has 1 aliphatic heterocycles. The van der Waals surface area contributed by atoms with Gasteiger partial charge in [-0.1, -0.05) is 24.3 Å². The van der Waals surface area contributed by atoms with Crippen molar-refractivity contribution in [3.63, 3.8) is 0 Å². The van der Waals surface area contributed by atoms with E-state index >= 15 is 0 Å². The molecular weight excluding hydrogens is 234 g/mol. The van der Waals surface area contributed by atoms with Crippen LogP contribution in [0, 0.1) is 6.92 Å². The summed E-state index contributed by atoms with van der Waals surface area (Å²) in [5, 5.41) is 9.54. The third-order valence-corrected chi connectivity index (χ3v) is 3.39. The smallest absolute Gasteiger partial charge is 0.411 e. The van der Waals surface area contributed by atoms with Crippen LogP contribution >= 0.6 is 0 Å². The second-order valence-electron chi connectivity index (χ2n) is 4.46. The summed E-state index contributed by atoms with van der Waals surface area (Å²) >= 11 is 0. The number of benzene rings is 1. The molecule has 1 unspecified atom stereocenters. The van der Waals surface area contributed by atoms with Crippen LogP contribution in [0.15, 0.2) is 24.3 Å². The van der Waals surface area contributed by atoms with Crippen LogP contribution in [-0.2, 0) is 15.1 Å². The summed E-state index contributed by atoms with van der Waals surface area (Å²) in [6, 6.07) is 7.17. The molecule has 0 radical (unpaired) electrons. The van der Waals surface area contributed by atoms with Crippen LogP contribution in [0.5, 0.6) is 0 Å². The molecule has 0 spiro atoms. The Morgan fingerprint density at radius 2 is 2.11 bits per heavy atom. The zero-order valence-electron chi connectivity index (χ0n) is 10.3. The molecule has 0 saturated carbocycles. The lowest BCUT2D eigenvalue weighted by molar-refractivity contribution is -0.149. The van der Waals surface area contributed by atoms with Gasteiger partial charge < -0.3 is 9.84 Å². The number of aryl methyl sites for hydroxylation is 1. The van der Waals surface area contributed by atoms with Crippen molar-refractivity contribution in [3.8, 4) is 0 Å². The summed E-state index contributed by atoms with van der Waals surface area (Å²) in [4.78, 5) is 24.6. The van der Waals surface area contributed by atoms with Crippen LogP contribution in [0.2, 0.25) is 0 Å². The third kappa shape index (κ3) is 1.72. The SMILES string of the molecule is Cc1ccccc1C(C)(C(=O)O)N1CCOC1=O. The number of amides is 1. The van der Waals surface area contributed by atoms with Gasteiger partial charge >= 0.3 is 12.1 Å². The van der Waals surface area contributed by atoms with Gasteiger partial charge in [0.15, 0.2) is 5.54 Å². The number of carboxylic acid groups (broad SMARTS) is 1. The molecule has 1 aliphatic rings. The maximum atomic E-state index is 11.7. The Hall–Kier alpha value is -2.04. The van der Waals surface area contributed by atoms with E-state index in [0.29, 0.717) is 5.56 Å². The maximum Gasteiger partial charge on any atom is 0.411 e. The van der Waals surface area contributed by atoms with Crippen LogP contribution in [0.1, 0.15) is 18.1 Å². The van der Waals surface area contributed by atoms with Gasteiger partial charge in [0.1, 0.15) is 6.61 Å². The third-order valence-electron chi connectivity index (χ3n) is 3.39. The number of hydrogen-bond donors (Lipinski definition) is 1. The van der Waals surface area contributed by atoms with Crippen molar-refractivity contribution in [2.45, 2.75) is 19.4 Å². The van der Waals surface area contributed by atoms with Gasteiger partial charge in [0.25, 0.3) is 0 Å². The molecule has 0 aromatic heterocycles. The van der Waals surface area contributed by atoms with Crippen LogP contribution in [0.25, 0.3) is 0 Å². The lowest BCUT2D eigenvalue weighted by Gasteiger charge is -2.34. The average Bonchev–Trinajstić information content (AvgIpc) is 2.75. The number of rotatable bonds is 3. The van der Waals surface area contributed by atoms with Gasteiger partial charge in [-0.25, -0.2) is 9.59 Å². The zero-order valence-corrected chi connectivity index (χ0v) is 10.3. The molecule has 1 atom stereocenters. The van der Waals surface area contributed by atoms with Gasteiger partial charge in [0.05, 0.1) is 6.54 Å². The number of aliphatic carboxylic acids is 1. The van der Waals surface area contributed by atoms with Crippen molar-refractivity contribution in [1.29, 1.82) is 0 Å². The topological polar surface area (TPSA) is 66.8 Å². The van der Waals surface area contributed by atoms with Crippen LogP contribution in [0.3, 0.4) is 0 Å². The molecule has 0 bridgehead atoms. The fraction of sp³-hybridized carbons (Fsp3) is 0.385. The predicted molar refractivity (Wildman–Crippen MR) is 64.2 cm³/mol. The molecule has 1 aromatic rings. The second kappa shape index (κ2) is 4.33. The summed E-state index contributed by atoms with van der Waals surface area (Å²) in [6.07, 6.45) is -0.580. The second-order valence-corrected chi connectivity index (χ2v) is 4.46. The Morgan fingerprint density at radius 1 is 1.44 bits per heavy atom. The number of cyclic esters (lactones) is 1. The normalized spacial score (nSPS) is 18.3. The Bertz CT molecular complexity index is 500. The molecular formula is C13H15NO4. The summed E-state index contributed by atoms with van der Waals surface area (Å²) in [5.41, 5.74) is 0.0531. The minimum atomic E-state index is -1.39. The van der Waals surface area contributed by atoms with E-state index in [-0.39, 0.29) is 13.2 Å². The van der Waals surface area contributed by atoms with Crippen LogP contribution < -0.4 is 0 Å². The highest BCUT2D eigenvalue weighted by molar-refractivity contribution is 5.86. The van der Waals surface area contributed by atoms with Crippen molar-refractivity contribution in [1.82, 2.24) is 4.90 Å². The highest BCUT2D eigenvalue weighted by atomic mass is 16.6. The van der Waals surface area contributed by atoms with Crippen LogP contribution in [0.4, 0.5) is 4.79 Å². The van der Waals surface area contributed by atoms with E-state index in [0.717, 1.165) is 5.56 Å². The summed E-state index contributed by atoms with van der Waals surface area (Å²) < 4.78 is 4.85. The molecule has 1 fully saturated rings. The van der Waals surface area contributed by atoms with E-state index < -0.39 is 17.6 Å². The zero-order chi connectivity index (χ0) is 13.3. The Labute approximate surface area is 105 Å². The first-order valence-corrected chi connectivity index (χ1v) is 5.72. The largest absolute Gasteiger partial charge is 0.479 e. The monoisotopic (exact) mass is 249 g/mol. The summed E-state index contributed by atoms with van der Waals surface area (Å²) in [5.74, 6) is -1.06. The minimum absolute atomic E-state index is 0.230. The molecule has 1 N–H and O–H groups in total. The molecule has 2 rings (SSSR count). The number of carbonyl (C=O) groups is 2. The van der Waals surface area contributed by atoms with E-state index in [2.05, 4.69) is 0 Å². The number of carboxylic acids is 1.